The molecule has 3 N–H and O–H groups in total. The van der Waals surface area contributed by atoms with E-state index >= 15 is 0 Å². The molecule has 1 saturated carbocycles. The molecule has 9 nitrogen and oxygen atoms in total. The standard InChI is InChI=1S/C23H36FN8O/c1-31-12-10-17(11-13-31)32(2,18-14-19(24)20(33-3)26-15-18)23-29-21(25)28-22(30-23)27-16-8-6-4-5-7-9-16/h14-17H,4-13H2,1-3H3,(H3,25,27,28,29,30)/q+1. The maximum absolute atomic E-state index is 14.7. The Bertz CT molecular complexity index is 944. The summed E-state index contributed by atoms with van der Waals surface area (Å²) in [4.78, 5) is 20.3. The number of nitrogens with two attached hydrogens (primary N) is 1. The quantitative estimate of drug-likeness (QED) is 0.500. The second kappa shape index (κ2) is 10.1. The minimum absolute atomic E-state index is 0.0282. The number of ether oxygens (including phenoxy) is 1. The first-order chi connectivity index (χ1) is 15.9. The minimum atomic E-state index is -0.508. The van der Waals surface area contributed by atoms with Crippen molar-refractivity contribution in [3.8, 4) is 5.88 Å². The van der Waals surface area contributed by atoms with Gasteiger partial charge in [-0.1, -0.05) is 25.7 Å². The van der Waals surface area contributed by atoms with Gasteiger partial charge in [-0.2, -0.15) is 4.98 Å². The number of anilines is 2. The molecule has 0 bridgehead atoms. The van der Waals surface area contributed by atoms with Crippen molar-refractivity contribution in [2.24, 2.45) is 0 Å². The van der Waals surface area contributed by atoms with Gasteiger partial charge in [-0.05, 0) is 19.9 Å². The number of nitrogen functional groups attached to an aromatic ring is 1. The van der Waals surface area contributed by atoms with Crippen LogP contribution in [0.5, 0.6) is 5.88 Å². The summed E-state index contributed by atoms with van der Waals surface area (Å²) in [7, 11) is 5.54. The summed E-state index contributed by atoms with van der Waals surface area (Å²) in [6.07, 6.45) is 10.6. The summed E-state index contributed by atoms with van der Waals surface area (Å²) in [6.45, 7) is 1.89. The first-order valence-corrected chi connectivity index (χ1v) is 11.9. The molecule has 2 fully saturated rings. The van der Waals surface area contributed by atoms with Gasteiger partial charge in [0.2, 0.25) is 11.9 Å². The normalized spacial score (nSPS) is 20.7. The van der Waals surface area contributed by atoms with E-state index in [2.05, 4.69) is 32.2 Å². The zero-order chi connectivity index (χ0) is 23.4. The van der Waals surface area contributed by atoms with E-state index in [-0.39, 0.29) is 22.4 Å². The molecule has 1 saturated heterocycles. The Kier molecular flexibility index (Phi) is 7.23. The van der Waals surface area contributed by atoms with Crippen LogP contribution in [0.15, 0.2) is 12.3 Å². The van der Waals surface area contributed by atoms with Gasteiger partial charge in [0.1, 0.15) is 6.04 Å². The Balaban J connectivity index is 1.73. The number of aromatic nitrogens is 4. The topological polar surface area (TPSA) is 102 Å². The summed E-state index contributed by atoms with van der Waals surface area (Å²) >= 11 is 0. The lowest BCUT2D eigenvalue weighted by molar-refractivity contribution is 0.179. The molecule has 2 aliphatic rings. The third kappa shape index (κ3) is 5.16. The maximum Gasteiger partial charge on any atom is 0.340 e. The van der Waals surface area contributed by atoms with Crippen LogP contribution in [0, 0.1) is 5.82 Å². The van der Waals surface area contributed by atoms with Gasteiger partial charge in [0, 0.05) is 38.0 Å². The van der Waals surface area contributed by atoms with Gasteiger partial charge in [0.15, 0.2) is 11.5 Å². The van der Waals surface area contributed by atoms with Gasteiger partial charge in [0.25, 0.3) is 5.88 Å². The van der Waals surface area contributed by atoms with E-state index in [0.717, 1.165) is 38.8 Å². The Hall–Kier alpha value is -2.59. The lowest BCUT2D eigenvalue weighted by Crippen LogP contribution is -2.54. The van der Waals surface area contributed by atoms with Crippen molar-refractivity contribution in [1.82, 2.24) is 29.3 Å². The Morgan fingerprint density at radius 3 is 2.42 bits per heavy atom. The second-order valence-corrected chi connectivity index (χ2v) is 9.44. The molecule has 0 spiro atoms. The maximum atomic E-state index is 14.7. The molecule has 10 heteroatoms. The largest absolute Gasteiger partial charge is 0.479 e. The fourth-order valence-corrected chi connectivity index (χ4v) is 5.08. The number of hydrogen-bond donors (Lipinski definition) is 2. The number of hydrogen-bond acceptors (Lipinski definition) is 8. The van der Waals surface area contributed by atoms with Crippen LogP contribution < -0.4 is 20.3 Å². The highest BCUT2D eigenvalue weighted by molar-refractivity contribution is 5.55. The number of halogens is 1. The summed E-state index contributed by atoms with van der Waals surface area (Å²) in [6, 6.07) is 1.94. The van der Waals surface area contributed by atoms with Crippen LogP contribution >= 0.6 is 0 Å². The van der Waals surface area contributed by atoms with Gasteiger partial charge in [-0.3, -0.25) is 0 Å². The molecule has 0 amide bonds. The highest BCUT2D eigenvalue weighted by Crippen LogP contribution is 2.38. The SMILES string of the molecule is COc1ncc([N+](C)(c2nc(N)nc(NC3CCCCCC3)n2)C2CCN(C)CC2)cc1F. The summed E-state index contributed by atoms with van der Waals surface area (Å²) in [5, 5.41) is 3.50. The molecule has 33 heavy (non-hydrogen) atoms. The van der Waals surface area contributed by atoms with Gasteiger partial charge in [-0.15, -0.1) is 9.97 Å². The molecule has 1 aliphatic heterocycles. The number of nitrogens with zero attached hydrogens (tertiary/aromatic N) is 6. The first kappa shape index (κ1) is 23.6. The molecule has 0 radical (unpaired) electrons. The number of nitrogens with one attached hydrogen (secondary N) is 1. The molecule has 3 heterocycles. The fraction of sp³-hybridized carbons (Fsp3) is 0.652. The molecule has 1 atom stereocenters. The van der Waals surface area contributed by atoms with Crippen molar-refractivity contribution in [2.45, 2.75) is 63.5 Å². The second-order valence-electron chi connectivity index (χ2n) is 9.44. The predicted molar refractivity (Wildman–Crippen MR) is 128 cm³/mol. The first-order valence-electron chi connectivity index (χ1n) is 11.9. The molecule has 1 unspecified atom stereocenters. The molecule has 4 rings (SSSR count). The van der Waals surface area contributed by atoms with Crippen molar-refractivity contribution >= 4 is 23.5 Å². The number of likely N-dealkylation sites (tertiary alicyclic amines) is 1. The van der Waals surface area contributed by atoms with Crippen molar-refractivity contribution in [1.29, 1.82) is 0 Å². The van der Waals surface area contributed by atoms with Gasteiger partial charge >= 0.3 is 5.95 Å². The highest BCUT2D eigenvalue weighted by Gasteiger charge is 2.43. The van der Waals surface area contributed by atoms with E-state index in [1.54, 1.807) is 6.20 Å². The third-order valence-corrected chi connectivity index (χ3v) is 7.19. The van der Waals surface area contributed by atoms with Crippen LogP contribution in [-0.4, -0.2) is 71.2 Å². The van der Waals surface area contributed by atoms with E-state index in [4.69, 9.17) is 15.5 Å². The molecule has 1 aliphatic carbocycles. The van der Waals surface area contributed by atoms with E-state index in [1.807, 2.05) is 7.05 Å². The fourth-order valence-electron chi connectivity index (χ4n) is 5.08. The van der Waals surface area contributed by atoms with Gasteiger partial charge in [-0.25, -0.2) is 13.9 Å². The molecular weight excluding hydrogens is 423 g/mol. The summed E-state index contributed by atoms with van der Waals surface area (Å²) in [5.74, 6) is 0.615. The van der Waals surface area contributed by atoms with Crippen molar-refractivity contribution in [2.75, 3.05) is 45.3 Å². The van der Waals surface area contributed by atoms with Crippen molar-refractivity contribution in [3.05, 3.63) is 18.1 Å². The van der Waals surface area contributed by atoms with Crippen LogP contribution in [0.2, 0.25) is 0 Å². The van der Waals surface area contributed by atoms with Crippen molar-refractivity contribution in [3.63, 3.8) is 0 Å². The smallest absolute Gasteiger partial charge is 0.340 e. The zero-order valence-electron chi connectivity index (χ0n) is 19.9. The Morgan fingerprint density at radius 1 is 1.09 bits per heavy atom. The minimum Gasteiger partial charge on any atom is -0.479 e. The van der Waals surface area contributed by atoms with Crippen LogP contribution in [0.3, 0.4) is 0 Å². The van der Waals surface area contributed by atoms with Crippen LogP contribution in [0.25, 0.3) is 0 Å². The average molecular weight is 460 g/mol. The zero-order valence-corrected chi connectivity index (χ0v) is 19.9. The number of piperidine rings is 1. The van der Waals surface area contributed by atoms with E-state index in [9.17, 15) is 4.39 Å². The highest BCUT2D eigenvalue weighted by atomic mass is 19.1. The van der Waals surface area contributed by atoms with Gasteiger partial charge in [0.05, 0.1) is 20.4 Å². The van der Waals surface area contributed by atoms with Gasteiger partial charge < -0.3 is 20.7 Å². The van der Waals surface area contributed by atoms with Crippen LogP contribution in [-0.2, 0) is 0 Å². The number of rotatable bonds is 6. The molecule has 0 aromatic carbocycles. The van der Waals surface area contributed by atoms with Crippen molar-refractivity contribution < 1.29 is 9.13 Å². The lowest BCUT2D eigenvalue weighted by atomic mass is 10.0. The third-order valence-electron chi connectivity index (χ3n) is 7.19. The predicted octanol–water partition coefficient (Wildman–Crippen LogP) is 3.49. The van der Waals surface area contributed by atoms with E-state index in [1.165, 1.54) is 38.9 Å². The molecule has 180 valence electrons. The lowest BCUT2D eigenvalue weighted by Gasteiger charge is -2.41. The average Bonchev–Trinajstić information content (AvgIpc) is 3.07. The Labute approximate surface area is 195 Å². The van der Waals surface area contributed by atoms with E-state index in [0.29, 0.717) is 23.6 Å². The molecular formula is C23H36FN8O+. The monoisotopic (exact) mass is 459 g/mol. The number of pyridine rings is 1. The van der Waals surface area contributed by atoms with Crippen LogP contribution in [0.1, 0.15) is 51.4 Å². The summed E-state index contributed by atoms with van der Waals surface area (Å²) in [5.41, 5.74) is 6.83. The van der Waals surface area contributed by atoms with E-state index < -0.39 is 5.82 Å². The molecule has 2 aromatic heterocycles. The molecule has 2 aromatic rings. The summed E-state index contributed by atoms with van der Waals surface area (Å²) < 4.78 is 20.0. The number of quaternary nitrogens is 1. The number of methoxy groups -OCH3 is 1. The van der Waals surface area contributed by atoms with Crippen LogP contribution in [0.4, 0.5) is 27.9 Å². The Morgan fingerprint density at radius 2 is 1.79 bits per heavy atom.